The summed E-state index contributed by atoms with van der Waals surface area (Å²) in [6.45, 7) is 4.01. The van der Waals surface area contributed by atoms with Crippen molar-refractivity contribution in [3.05, 3.63) is 30.9 Å². The molecule has 2 heterocycles. The number of carbonyl (C=O) groups excluding carboxylic acids is 1. The lowest BCUT2D eigenvalue weighted by atomic mass is 10.1. The molecule has 1 amide bonds. The second kappa shape index (κ2) is 5.88. The smallest absolute Gasteiger partial charge is 0.410 e. The number of nitrogens with zero attached hydrogens (tertiary/aromatic N) is 3. The van der Waals surface area contributed by atoms with Crippen LogP contribution in [0.3, 0.4) is 0 Å². The highest BCUT2D eigenvalue weighted by molar-refractivity contribution is 5.68. The number of amides is 1. The normalized spacial score (nSPS) is 22.5. The fourth-order valence-corrected chi connectivity index (χ4v) is 2.34. The van der Waals surface area contributed by atoms with E-state index >= 15 is 0 Å². The first kappa shape index (κ1) is 13.6. The molecule has 1 aliphatic rings. The van der Waals surface area contributed by atoms with Crippen molar-refractivity contribution in [2.75, 3.05) is 13.2 Å². The number of rotatable bonds is 4. The van der Waals surface area contributed by atoms with E-state index in [1.165, 1.54) is 6.08 Å². The number of hydrogen-bond donors (Lipinski definition) is 1. The Hall–Kier alpha value is -1.82. The third-order valence-electron chi connectivity index (χ3n) is 3.31. The first-order valence-electron chi connectivity index (χ1n) is 6.29. The van der Waals surface area contributed by atoms with Gasteiger partial charge in [-0.05, 0) is 6.42 Å². The highest BCUT2D eigenvalue weighted by Crippen LogP contribution is 2.22. The van der Waals surface area contributed by atoms with Crippen LogP contribution in [0.4, 0.5) is 4.79 Å². The molecule has 1 aromatic rings. The van der Waals surface area contributed by atoms with Gasteiger partial charge in [-0.2, -0.15) is 0 Å². The molecule has 2 rings (SSSR count). The molecular formula is C13H19N3O3. The molecule has 0 aromatic carbocycles. The van der Waals surface area contributed by atoms with Gasteiger partial charge < -0.3 is 19.3 Å². The number of likely N-dealkylation sites (tertiary alicyclic amines) is 1. The Labute approximate surface area is 112 Å². The van der Waals surface area contributed by atoms with Crippen LogP contribution < -0.4 is 0 Å². The van der Waals surface area contributed by atoms with E-state index in [0.29, 0.717) is 19.4 Å². The summed E-state index contributed by atoms with van der Waals surface area (Å²) in [6.07, 6.45) is 5.36. The van der Waals surface area contributed by atoms with Crippen molar-refractivity contribution in [3.63, 3.8) is 0 Å². The third-order valence-corrected chi connectivity index (χ3v) is 3.31. The SMILES string of the molecule is C=CCOC(=O)N1C[C@H](O)C[C@H]1Cc1cncn1C. The van der Waals surface area contributed by atoms with Gasteiger partial charge in [0.1, 0.15) is 6.61 Å². The zero-order chi connectivity index (χ0) is 13.8. The number of aryl methyl sites for hydroxylation is 1. The standard InChI is InChI=1S/C13H19N3O3/c1-3-4-19-13(18)16-8-12(17)6-10(16)5-11-7-14-9-15(11)2/h3,7,9-10,12,17H,1,4-6,8H2,2H3/t10-,12-/m1/s1. The molecule has 2 atom stereocenters. The molecule has 0 radical (unpaired) electrons. The fourth-order valence-electron chi connectivity index (χ4n) is 2.34. The summed E-state index contributed by atoms with van der Waals surface area (Å²) in [7, 11) is 1.91. The Kier molecular flexibility index (Phi) is 4.21. The molecule has 1 saturated heterocycles. The number of imidazole rings is 1. The Bertz CT molecular complexity index is 458. The van der Waals surface area contributed by atoms with Gasteiger partial charge in [-0.15, -0.1) is 0 Å². The minimum atomic E-state index is -0.491. The number of ether oxygens (including phenoxy) is 1. The van der Waals surface area contributed by atoms with E-state index in [2.05, 4.69) is 11.6 Å². The van der Waals surface area contributed by atoms with Crippen molar-refractivity contribution in [2.45, 2.75) is 25.0 Å². The Morgan fingerprint density at radius 2 is 2.53 bits per heavy atom. The van der Waals surface area contributed by atoms with Crippen LogP contribution in [0.15, 0.2) is 25.2 Å². The molecule has 0 bridgehead atoms. The van der Waals surface area contributed by atoms with Gasteiger partial charge in [-0.1, -0.05) is 12.7 Å². The van der Waals surface area contributed by atoms with E-state index in [0.717, 1.165) is 5.69 Å². The molecule has 0 unspecified atom stereocenters. The summed E-state index contributed by atoms with van der Waals surface area (Å²) in [6, 6.07) is -0.0530. The zero-order valence-corrected chi connectivity index (χ0v) is 11.0. The topological polar surface area (TPSA) is 67.6 Å². The van der Waals surface area contributed by atoms with Gasteiger partial charge in [-0.3, -0.25) is 0 Å². The van der Waals surface area contributed by atoms with Crippen LogP contribution in [0.1, 0.15) is 12.1 Å². The Balaban J connectivity index is 2.03. The zero-order valence-electron chi connectivity index (χ0n) is 11.0. The Morgan fingerprint density at radius 1 is 1.74 bits per heavy atom. The molecule has 104 valence electrons. The minimum Gasteiger partial charge on any atom is -0.445 e. The molecule has 0 spiro atoms. The van der Waals surface area contributed by atoms with Gasteiger partial charge in [0, 0.05) is 31.4 Å². The van der Waals surface area contributed by atoms with Gasteiger partial charge in [0.05, 0.1) is 19.0 Å². The predicted octanol–water partition coefficient (Wildman–Crippen LogP) is 0.720. The lowest BCUT2D eigenvalue weighted by Gasteiger charge is -2.23. The molecule has 6 heteroatoms. The molecule has 19 heavy (non-hydrogen) atoms. The van der Waals surface area contributed by atoms with Crippen molar-refractivity contribution in [1.82, 2.24) is 14.5 Å². The number of aliphatic hydroxyl groups is 1. The summed E-state index contributed by atoms with van der Waals surface area (Å²) in [5, 5.41) is 9.75. The highest BCUT2D eigenvalue weighted by atomic mass is 16.6. The second-order valence-electron chi connectivity index (χ2n) is 4.76. The van der Waals surface area contributed by atoms with Crippen LogP contribution in [-0.2, 0) is 18.2 Å². The van der Waals surface area contributed by atoms with Crippen molar-refractivity contribution < 1.29 is 14.6 Å². The quantitative estimate of drug-likeness (QED) is 0.815. The minimum absolute atomic E-state index is 0.0530. The first-order chi connectivity index (χ1) is 9.11. The average molecular weight is 265 g/mol. The summed E-state index contributed by atoms with van der Waals surface area (Å²) in [5.74, 6) is 0. The second-order valence-corrected chi connectivity index (χ2v) is 4.76. The number of hydrogen-bond acceptors (Lipinski definition) is 4. The summed E-state index contributed by atoms with van der Waals surface area (Å²) >= 11 is 0. The van der Waals surface area contributed by atoms with Crippen molar-refractivity contribution in [2.24, 2.45) is 7.05 Å². The van der Waals surface area contributed by atoms with Gasteiger partial charge >= 0.3 is 6.09 Å². The van der Waals surface area contributed by atoms with E-state index in [-0.39, 0.29) is 12.6 Å². The summed E-state index contributed by atoms with van der Waals surface area (Å²) in [4.78, 5) is 17.5. The summed E-state index contributed by atoms with van der Waals surface area (Å²) in [5.41, 5.74) is 1.03. The lowest BCUT2D eigenvalue weighted by molar-refractivity contribution is 0.102. The number of aromatic nitrogens is 2. The van der Waals surface area contributed by atoms with Crippen LogP contribution in [0, 0.1) is 0 Å². The number of aliphatic hydroxyl groups excluding tert-OH is 1. The first-order valence-corrected chi connectivity index (χ1v) is 6.29. The van der Waals surface area contributed by atoms with E-state index in [4.69, 9.17) is 4.74 Å². The largest absolute Gasteiger partial charge is 0.445 e. The van der Waals surface area contributed by atoms with Crippen molar-refractivity contribution >= 4 is 6.09 Å². The van der Waals surface area contributed by atoms with E-state index in [1.807, 2.05) is 11.6 Å². The molecule has 6 nitrogen and oxygen atoms in total. The molecular weight excluding hydrogens is 246 g/mol. The van der Waals surface area contributed by atoms with Crippen LogP contribution >= 0.6 is 0 Å². The average Bonchev–Trinajstić information content (AvgIpc) is 2.94. The van der Waals surface area contributed by atoms with Gasteiger partial charge in [0.25, 0.3) is 0 Å². The van der Waals surface area contributed by atoms with Crippen LogP contribution in [0.25, 0.3) is 0 Å². The number of β-amino-alcohol motifs (C(OH)–C–C–N with tert-alkyl or cyclic N) is 1. The molecule has 1 aliphatic heterocycles. The van der Waals surface area contributed by atoms with Gasteiger partial charge in [-0.25, -0.2) is 9.78 Å². The molecule has 0 saturated carbocycles. The van der Waals surface area contributed by atoms with Gasteiger partial charge in [0.2, 0.25) is 0 Å². The van der Waals surface area contributed by atoms with E-state index < -0.39 is 12.2 Å². The molecule has 0 aliphatic carbocycles. The van der Waals surface area contributed by atoms with E-state index in [1.54, 1.807) is 17.4 Å². The Morgan fingerprint density at radius 3 is 3.16 bits per heavy atom. The molecule has 1 N–H and O–H groups in total. The summed E-state index contributed by atoms with van der Waals surface area (Å²) < 4.78 is 6.95. The highest BCUT2D eigenvalue weighted by Gasteiger charge is 2.35. The third kappa shape index (κ3) is 3.14. The van der Waals surface area contributed by atoms with Crippen LogP contribution in [0.5, 0.6) is 0 Å². The lowest BCUT2D eigenvalue weighted by Crippen LogP contribution is -2.38. The maximum atomic E-state index is 11.9. The van der Waals surface area contributed by atoms with Gasteiger partial charge in [0.15, 0.2) is 0 Å². The fraction of sp³-hybridized carbons (Fsp3) is 0.538. The predicted molar refractivity (Wildman–Crippen MR) is 69.6 cm³/mol. The van der Waals surface area contributed by atoms with Crippen LogP contribution in [0.2, 0.25) is 0 Å². The van der Waals surface area contributed by atoms with Crippen LogP contribution in [-0.4, -0.2) is 50.9 Å². The number of carbonyl (C=O) groups is 1. The van der Waals surface area contributed by atoms with Crippen molar-refractivity contribution in [1.29, 1.82) is 0 Å². The maximum Gasteiger partial charge on any atom is 0.410 e. The van der Waals surface area contributed by atoms with Crippen molar-refractivity contribution in [3.8, 4) is 0 Å². The molecule has 1 fully saturated rings. The molecule has 1 aromatic heterocycles. The van der Waals surface area contributed by atoms with E-state index in [9.17, 15) is 9.90 Å². The monoisotopic (exact) mass is 265 g/mol. The maximum absolute atomic E-state index is 11.9.